The first-order valence-electron chi connectivity index (χ1n) is 29.7. The third-order valence-corrected chi connectivity index (χ3v) is 15.3. The SMILES string of the molecule is COC(=O)[C@@]1(OC[C@H]2O[C@H](OC[C@H](NC(=O)OCC3c4ccccc4-c4ccccc43)C(=O)O)[C@H](NC(C)=O)[C@@H](O[C@@H]3O[C@H](COC(C)=O)[C@H](OC(C)=O)[C@H](OC(C)=O)[C@H]3OC(C)=O)[C@H]2OC(C)=O)C[C@@H]2OC(=O)N(C(C)=O)[C@H]2[C@H]([C@H](OC(C)=O)[C@@H](COC(C)=O)OC(C)=O)O1. The minimum atomic E-state index is -3.00. The molecule has 524 valence electrons. The molecule has 0 spiro atoms. The Morgan fingerprint density at radius 1 is 0.615 bits per heavy atom. The molecule has 0 radical (unpaired) electrons. The van der Waals surface area contributed by atoms with Crippen molar-refractivity contribution in [2.45, 2.75) is 185 Å². The number of amides is 4. The van der Waals surface area contributed by atoms with E-state index in [1.807, 2.05) is 36.4 Å². The quantitative estimate of drug-likeness (QED) is 0.0851. The van der Waals surface area contributed by atoms with E-state index in [9.17, 15) is 72.2 Å². The first kappa shape index (κ1) is 74.0. The number of hydrogen-bond acceptors (Lipinski definition) is 31. The lowest BCUT2D eigenvalue weighted by atomic mass is 9.88. The van der Waals surface area contributed by atoms with E-state index in [1.54, 1.807) is 12.1 Å². The van der Waals surface area contributed by atoms with Gasteiger partial charge in [0.05, 0.1) is 26.7 Å². The van der Waals surface area contributed by atoms with Crippen molar-refractivity contribution in [1.82, 2.24) is 15.5 Å². The van der Waals surface area contributed by atoms with Crippen LogP contribution in [0.5, 0.6) is 0 Å². The molecule has 2 aromatic rings. The minimum Gasteiger partial charge on any atom is -0.480 e. The summed E-state index contributed by atoms with van der Waals surface area (Å²) >= 11 is 0. The van der Waals surface area contributed by atoms with Crippen LogP contribution < -0.4 is 10.6 Å². The number of nitrogens with zero attached hydrogens (tertiary/aromatic N) is 1. The Balaban J connectivity index is 1.34. The van der Waals surface area contributed by atoms with Crippen molar-refractivity contribution in [3.63, 3.8) is 0 Å². The van der Waals surface area contributed by atoms with Crippen molar-refractivity contribution in [3.8, 4) is 11.1 Å². The highest BCUT2D eigenvalue weighted by Crippen LogP contribution is 2.46. The van der Waals surface area contributed by atoms with Gasteiger partial charge in [0, 0.05) is 75.2 Å². The molecule has 35 nitrogen and oxygen atoms in total. The van der Waals surface area contributed by atoms with Crippen LogP contribution in [-0.4, -0.2) is 237 Å². The van der Waals surface area contributed by atoms with Gasteiger partial charge in [-0.05, 0) is 22.3 Å². The van der Waals surface area contributed by atoms with Gasteiger partial charge in [0.2, 0.25) is 11.8 Å². The molecule has 1 aliphatic carbocycles. The van der Waals surface area contributed by atoms with E-state index >= 15 is 0 Å². The van der Waals surface area contributed by atoms with Crippen molar-refractivity contribution in [3.05, 3.63) is 59.7 Å². The number of imide groups is 1. The van der Waals surface area contributed by atoms with Gasteiger partial charge in [-0.25, -0.2) is 24.1 Å². The third-order valence-electron chi connectivity index (χ3n) is 15.3. The topological polar surface area (TPSA) is 443 Å². The Labute approximate surface area is 546 Å². The summed E-state index contributed by atoms with van der Waals surface area (Å²) < 4.78 is 98.9. The van der Waals surface area contributed by atoms with Gasteiger partial charge >= 0.3 is 71.9 Å². The lowest BCUT2D eigenvalue weighted by Crippen LogP contribution is -2.70. The minimum absolute atomic E-state index is 0.275. The standard InChI is InChI=1S/C61H73N3O32/c1-26(65)62-46-51(95-57-54(91-35(10)74)53(90-34(9)73)50(89-33(8)72)44(93-57)24-82-29(4)68)48(87-31(6)70)45(92-56(46)83-22-41(55(75)76)63-59(78)84-21-40-38-18-14-12-16-36(38)37-17-13-15-19-39(37)40)25-85-61(58(77)80-11)20-42-47(64(27(2)66)60(79)94-42)52(96-61)49(88-32(7)71)43(86-30(5)69)23-81-28(3)67/h12-19,40-54,56-57H,20-25H2,1-11H3,(H,62,65)(H,63,78)(H,75,76)/t41-,42-,43+,44+,45+,46+,47+,48-,49+,50-,51+,52+,53-,54+,56-,57-,61+/m0/s1. The van der Waals surface area contributed by atoms with E-state index in [0.29, 0.717) is 4.90 Å². The van der Waals surface area contributed by atoms with Crippen molar-refractivity contribution in [2.75, 3.05) is 40.1 Å². The highest BCUT2D eigenvalue weighted by Gasteiger charge is 2.65. The summed E-state index contributed by atoms with van der Waals surface area (Å²) in [6.07, 6.45) is -29.2. The van der Waals surface area contributed by atoms with E-state index in [0.717, 1.165) is 98.6 Å². The maximum absolute atomic E-state index is 14.6. The van der Waals surface area contributed by atoms with Gasteiger partial charge in [0.25, 0.3) is 5.79 Å². The average Bonchev–Trinajstić information content (AvgIpc) is 1.43. The fourth-order valence-electron chi connectivity index (χ4n) is 11.7. The number of alkyl carbamates (subject to hydrolysis) is 1. The molecule has 2 aromatic carbocycles. The third kappa shape index (κ3) is 18.1. The van der Waals surface area contributed by atoms with Crippen molar-refractivity contribution in [2.24, 2.45) is 0 Å². The number of methoxy groups -OCH3 is 1. The molecule has 4 amide bonds. The fraction of sp³-hybridized carbons (Fsp3) is 0.574. The number of rotatable bonds is 26. The molecule has 96 heavy (non-hydrogen) atoms. The van der Waals surface area contributed by atoms with E-state index in [-0.39, 0.29) is 6.61 Å². The number of fused-ring (bicyclic) bond motifs is 4. The van der Waals surface area contributed by atoms with Gasteiger partial charge in [-0.2, -0.15) is 0 Å². The Morgan fingerprint density at radius 2 is 1.16 bits per heavy atom. The molecule has 35 heteroatoms. The number of esters is 9. The monoisotopic (exact) mass is 1360 g/mol. The largest absolute Gasteiger partial charge is 0.480 e. The second-order valence-electron chi connectivity index (χ2n) is 22.4. The summed E-state index contributed by atoms with van der Waals surface area (Å²) in [4.78, 5) is 185. The molecule has 0 bridgehead atoms. The van der Waals surface area contributed by atoms with Crippen LogP contribution in [0.4, 0.5) is 9.59 Å². The maximum Gasteiger partial charge on any atom is 0.417 e. The Bertz CT molecular complexity index is 3260. The molecule has 5 aliphatic rings. The zero-order valence-corrected chi connectivity index (χ0v) is 53.7. The van der Waals surface area contributed by atoms with E-state index in [2.05, 4.69) is 10.6 Å². The molecule has 4 heterocycles. The van der Waals surface area contributed by atoms with Gasteiger partial charge in [-0.15, -0.1) is 0 Å². The average molecular weight is 1360 g/mol. The van der Waals surface area contributed by atoms with Crippen LogP contribution in [0, 0.1) is 0 Å². The Kier molecular flexibility index (Phi) is 24.9. The molecular formula is C61H73N3O32. The molecule has 7 rings (SSSR count). The molecule has 17 atom stereocenters. The number of aliphatic carboxylic acids is 1. The van der Waals surface area contributed by atoms with Crippen molar-refractivity contribution >= 4 is 83.7 Å². The number of nitrogens with one attached hydrogen (secondary N) is 2. The van der Waals surface area contributed by atoms with Gasteiger partial charge in [-0.3, -0.25) is 47.9 Å². The lowest BCUT2D eigenvalue weighted by Gasteiger charge is -2.50. The van der Waals surface area contributed by atoms with Crippen LogP contribution in [0.1, 0.15) is 92.7 Å². The molecule has 4 saturated heterocycles. The van der Waals surface area contributed by atoms with Gasteiger partial charge in [-0.1, -0.05) is 48.5 Å². The molecular weight excluding hydrogens is 1290 g/mol. The predicted molar refractivity (Wildman–Crippen MR) is 309 cm³/mol. The number of carboxylic acid groups (broad SMARTS) is 1. The summed E-state index contributed by atoms with van der Waals surface area (Å²) in [5.74, 6) is -17.0. The van der Waals surface area contributed by atoms with E-state index < -0.39 is 226 Å². The summed E-state index contributed by atoms with van der Waals surface area (Å²) in [6, 6.07) is 9.08. The Hall–Kier alpha value is -9.42. The number of benzene rings is 2. The molecule has 4 aliphatic heterocycles. The van der Waals surface area contributed by atoms with Crippen LogP contribution in [0.15, 0.2) is 48.5 Å². The number of carboxylic acids is 1. The smallest absolute Gasteiger partial charge is 0.417 e. The fourth-order valence-corrected chi connectivity index (χ4v) is 11.7. The van der Waals surface area contributed by atoms with Gasteiger partial charge in [0.15, 0.2) is 55.2 Å². The second-order valence-corrected chi connectivity index (χ2v) is 22.4. The molecule has 0 unspecified atom stereocenters. The van der Waals surface area contributed by atoms with Crippen LogP contribution in [0.2, 0.25) is 0 Å². The number of carbonyl (C=O) groups excluding carboxylic acids is 13. The highest BCUT2D eigenvalue weighted by molar-refractivity contribution is 5.93. The van der Waals surface area contributed by atoms with Crippen LogP contribution in [0.25, 0.3) is 11.1 Å². The summed E-state index contributed by atoms with van der Waals surface area (Å²) in [5.41, 5.74) is 3.42. The molecule has 0 saturated carbocycles. The highest BCUT2D eigenvalue weighted by atomic mass is 16.8. The molecule has 0 aromatic heterocycles. The number of carbonyl (C=O) groups is 14. The van der Waals surface area contributed by atoms with Crippen molar-refractivity contribution < 1.29 is 153 Å². The first-order chi connectivity index (χ1) is 45.3. The summed E-state index contributed by atoms with van der Waals surface area (Å²) in [7, 11) is 0.847. The van der Waals surface area contributed by atoms with Crippen molar-refractivity contribution in [1.29, 1.82) is 0 Å². The molecule has 4 fully saturated rings. The maximum atomic E-state index is 14.6. The molecule has 3 N–H and O–H groups in total. The normalized spacial score (nSPS) is 27.3. The predicted octanol–water partition coefficient (Wildman–Crippen LogP) is 0.462. The van der Waals surface area contributed by atoms with Crippen LogP contribution in [-0.2, 0) is 138 Å². The van der Waals surface area contributed by atoms with E-state index in [1.165, 1.54) is 0 Å². The van der Waals surface area contributed by atoms with Crippen LogP contribution in [0.3, 0.4) is 0 Å². The Morgan fingerprint density at radius 3 is 1.69 bits per heavy atom. The lowest BCUT2D eigenvalue weighted by molar-refractivity contribution is -0.356. The number of ether oxygens (including phenoxy) is 17. The van der Waals surface area contributed by atoms with Gasteiger partial charge in [0.1, 0.15) is 62.4 Å². The van der Waals surface area contributed by atoms with E-state index in [4.69, 9.17) is 80.5 Å². The second kappa shape index (κ2) is 32.3. The number of hydrogen-bond donors (Lipinski definition) is 3. The van der Waals surface area contributed by atoms with Crippen LogP contribution >= 0.6 is 0 Å². The zero-order valence-electron chi connectivity index (χ0n) is 53.7. The van der Waals surface area contributed by atoms with Gasteiger partial charge < -0.3 is 96.3 Å². The zero-order chi connectivity index (χ0) is 70.6. The summed E-state index contributed by atoms with van der Waals surface area (Å²) in [5, 5.41) is 15.4. The summed E-state index contributed by atoms with van der Waals surface area (Å²) in [6.45, 7) is 5.16. The first-order valence-corrected chi connectivity index (χ1v) is 29.7.